The topological polar surface area (TPSA) is 48.1 Å². The average molecular weight is 196 g/mol. The van der Waals surface area contributed by atoms with Crippen LogP contribution in [0.1, 0.15) is 39.2 Å². The van der Waals surface area contributed by atoms with E-state index in [9.17, 15) is 0 Å². The highest BCUT2D eigenvalue weighted by Crippen LogP contribution is 2.21. The van der Waals surface area contributed by atoms with E-state index in [-0.39, 0.29) is 0 Å². The van der Waals surface area contributed by atoms with Gasteiger partial charge in [-0.05, 0) is 17.5 Å². The Balaban J connectivity index is 0.000000791. The number of ether oxygens (including phenoxy) is 1. The van der Waals surface area contributed by atoms with E-state index in [1.54, 1.807) is 7.11 Å². The summed E-state index contributed by atoms with van der Waals surface area (Å²) in [6.45, 7) is 8.17. The number of aromatic nitrogens is 1. The van der Waals surface area contributed by atoms with Crippen LogP contribution in [-0.2, 0) is 0 Å². The summed E-state index contributed by atoms with van der Waals surface area (Å²) in [5.41, 5.74) is 6.77. The second kappa shape index (κ2) is 6.24. The van der Waals surface area contributed by atoms with Gasteiger partial charge in [0.2, 0.25) is 5.88 Å². The summed E-state index contributed by atoms with van der Waals surface area (Å²) in [5, 5.41) is 0. The van der Waals surface area contributed by atoms with Gasteiger partial charge in [-0.25, -0.2) is 0 Å². The van der Waals surface area contributed by atoms with Crippen LogP contribution in [0.4, 0.5) is 5.82 Å². The van der Waals surface area contributed by atoms with Crippen LogP contribution < -0.4 is 10.5 Å². The Hall–Kier alpha value is -1.25. The van der Waals surface area contributed by atoms with Gasteiger partial charge < -0.3 is 10.5 Å². The molecule has 0 aliphatic carbocycles. The molecule has 80 valence electrons. The van der Waals surface area contributed by atoms with E-state index in [1.807, 2.05) is 26.0 Å². The Bertz CT molecular complexity index is 272. The largest absolute Gasteiger partial charge is 0.481 e. The van der Waals surface area contributed by atoms with Gasteiger partial charge >= 0.3 is 0 Å². The molecular weight excluding hydrogens is 176 g/mol. The lowest BCUT2D eigenvalue weighted by Gasteiger charge is -2.08. The lowest BCUT2D eigenvalue weighted by atomic mass is 10.1. The van der Waals surface area contributed by atoms with Gasteiger partial charge in [-0.15, -0.1) is 0 Å². The van der Waals surface area contributed by atoms with E-state index in [2.05, 4.69) is 18.8 Å². The number of nitrogens with zero attached hydrogens (tertiary/aromatic N) is 1. The number of anilines is 1. The zero-order valence-corrected chi connectivity index (χ0v) is 9.66. The quantitative estimate of drug-likeness (QED) is 0.791. The molecule has 1 heterocycles. The van der Waals surface area contributed by atoms with E-state index in [0.717, 1.165) is 5.56 Å². The molecule has 1 aromatic heterocycles. The number of rotatable bonds is 2. The van der Waals surface area contributed by atoms with Crippen molar-refractivity contribution in [3.63, 3.8) is 0 Å². The fourth-order valence-electron chi connectivity index (χ4n) is 1.07. The summed E-state index contributed by atoms with van der Waals surface area (Å²) in [5.74, 6) is 1.53. The monoisotopic (exact) mass is 196 g/mol. The minimum Gasteiger partial charge on any atom is -0.481 e. The van der Waals surface area contributed by atoms with Gasteiger partial charge in [-0.3, -0.25) is 0 Å². The van der Waals surface area contributed by atoms with E-state index in [1.165, 1.54) is 0 Å². The maximum absolute atomic E-state index is 5.71. The first kappa shape index (κ1) is 12.8. The van der Waals surface area contributed by atoms with Crippen LogP contribution in [0.5, 0.6) is 5.88 Å². The van der Waals surface area contributed by atoms with Crippen molar-refractivity contribution in [1.82, 2.24) is 4.98 Å². The molecule has 0 saturated heterocycles. The standard InChI is InChI=1S/C9H14N2O.C2H6/c1-6(2)7-4-5-8(12-3)11-9(7)10;1-2/h4-6H,1-3H3,(H2,10,11);1-2H3. The number of hydrogen-bond donors (Lipinski definition) is 1. The Labute approximate surface area is 86.3 Å². The molecule has 0 bridgehead atoms. The molecule has 0 unspecified atom stereocenters. The Morgan fingerprint density at radius 1 is 1.29 bits per heavy atom. The predicted octanol–water partition coefficient (Wildman–Crippen LogP) is 2.82. The predicted molar refractivity (Wildman–Crippen MR) is 60.6 cm³/mol. The van der Waals surface area contributed by atoms with Gasteiger partial charge in [0.1, 0.15) is 5.82 Å². The van der Waals surface area contributed by atoms with Crippen LogP contribution in [0.3, 0.4) is 0 Å². The fourth-order valence-corrected chi connectivity index (χ4v) is 1.07. The number of methoxy groups -OCH3 is 1. The Morgan fingerprint density at radius 3 is 2.21 bits per heavy atom. The summed E-state index contributed by atoms with van der Waals surface area (Å²) < 4.78 is 4.94. The third kappa shape index (κ3) is 3.24. The van der Waals surface area contributed by atoms with E-state index >= 15 is 0 Å². The van der Waals surface area contributed by atoms with Crippen LogP contribution >= 0.6 is 0 Å². The molecule has 0 fully saturated rings. The number of nitrogens with two attached hydrogens (primary N) is 1. The number of hydrogen-bond acceptors (Lipinski definition) is 3. The van der Waals surface area contributed by atoms with Crippen LogP contribution in [0.25, 0.3) is 0 Å². The molecule has 0 aliphatic heterocycles. The van der Waals surface area contributed by atoms with Gasteiger partial charge in [0.25, 0.3) is 0 Å². The smallest absolute Gasteiger partial charge is 0.214 e. The molecule has 3 heteroatoms. The molecule has 0 saturated carbocycles. The van der Waals surface area contributed by atoms with Crippen molar-refractivity contribution in [2.24, 2.45) is 0 Å². The summed E-state index contributed by atoms with van der Waals surface area (Å²) >= 11 is 0. The summed E-state index contributed by atoms with van der Waals surface area (Å²) in [6, 6.07) is 3.78. The molecule has 0 radical (unpaired) electrons. The van der Waals surface area contributed by atoms with Crippen LogP contribution in [0.15, 0.2) is 12.1 Å². The third-order valence-corrected chi connectivity index (χ3v) is 1.76. The SMILES string of the molecule is CC.COc1ccc(C(C)C)c(N)n1. The summed E-state index contributed by atoms with van der Waals surface area (Å²) in [7, 11) is 1.58. The van der Waals surface area contributed by atoms with Gasteiger partial charge in [-0.1, -0.05) is 27.7 Å². The molecule has 0 amide bonds. The average Bonchev–Trinajstić information content (AvgIpc) is 2.20. The highest BCUT2D eigenvalue weighted by molar-refractivity contribution is 5.43. The molecule has 3 nitrogen and oxygen atoms in total. The lowest BCUT2D eigenvalue weighted by Crippen LogP contribution is -2.00. The minimum absolute atomic E-state index is 0.406. The summed E-state index contributed by atoms with van der Waals surface area (Å²) in [6.07, 6.45) is 0. The lowest BCUT2D eigenvalue weighted by molar-refractivity contribution is 0.398. The van der Waals surface area contributed by atoms with E-state index < -0.39 is 0 Å². The third-order valence-electron chi connectivity index (χ3n) is 1.76. The van der Waals surface area contributed by atoms with Gasteiger partial charge in [0.15, 0.2) is 0 Å². The fraction of sp³-hybridized carbons (Fsp3) is 0.545. The first-order valence-electron chi connectivity index (χ1n) is 4.95. The summed E-state index contributed by atoms with van der Waals surface area (Å²) in [4.78, 5) is 4.07. The molecule has 1 rings (SSSR count). The van der Waals surface area contributed by atoms with Crippen LogP contribution in [0, 0.1) is 0 Å². The van der Waals surface area contributed by atoms with Gasteiger partial charge in [-0.2, -0.15) is 4.98 Å². The van der Waals surface area contributed by atoms with Gasteiger partial charge in [0.05, 0.1) is 7.11 Å². The minimum atomic E-state index is 0.406. The maximum Gasteiger partial charge on any atom is 0.214 e. The highest BCUT2D eigenvalue weighted by atomic mass is 16.5. The zero-order valence-electron chi connectivity index (χ0n) is 9.66. The number of pyridine rings is 1. The van der Waals surface area contributed by atoms with E-state index in [4.69, 9.17) is 10.5 Å². The Morgan fingerprint density at radius 2 is 1.86 bits per heavy atom. The molecule has 0 aromatic carbocycles. The highest BCUT2D eigenvalue weighted by Gasteiger charge is 2.05. The maximum atomic E-state index is 5.71. The second-order valence-electron chi connectivity index (χ2n) is 2.98. The first-order chi connectivity index (χ1) is 6.65. The van der Waals surface area contributed by atoms with Gasteiger partial charge in [0, 0.05) is 6.07 Å². The number of nitrogen functional groups attached to an aromatic ring is 1. The molecule has 1 aromatic rings. The van der Waals surface area contributed by atoms with Crippen molar-refractivity contribution in [3.05, 3.63) is 17.7 Å². The molecule has 0 spiro atoms. The Kier molecular flexibility index (Phi) is 5.68. The van der Waals surface area contributed by atoms with Crippen LogP contribution in [0.2, 0.25) is 0 Å². The van der Waals surface area contributed by atoms with E-state index in [0.29, 0.717) is 17.6 Å². The van der Waals surface area contributed by atoms with Crippen molar-refractivity contribution < 1.29 is 4.74 Å². The van der Waals surface area contributed by atoms with Crippen molar-refractivity contribution in [1.29, 1.82) is 0 Å². The normalized spacial score (nSPS) is 9.29. The molecule has 0 aliphatic rings. The first-order valence-corrected chi connectivity index (χ1v) is 4.95. The molecular formula is C11H20N2O. The van der Waals surface area contributed by atoms with Crippen molar-refractivity contribution in [2.75, 3.05) is 12.8 Å². The second-order valence-corrected chi connectivity index (χ2v) is 2.98. The van der Waals surface area contributed by atoms with Crippen molar-refractivity contribution >= 4 is 5.82 Å². The van der Waals surface area contributed by atoms with Crippen molar-refractivity contribution in [2.45, 2.75) is 33.6 Å². The van der Waals surface area contributed by atoms with Crippen molar-refractivity contribution in [3.8, 4) is 5.88 Å². The molecule has 2 N–H and O–H groups in total. The molecule has 0 atom stereocenters. The zero-order chi connectivity index (χ0) is 11.1. The molecule has 14 heavy (non-hydrogen) atoms. The van der Waals surface area contributed by atoms with Crippen LogP contribution in [-0.4, -0.2) is 12.1 Å².